The molecule has 1 unspecified atom stereocenters. The molecular formula is C21H22FO5PS. The third-order valence-electron chi connectivity index (χ3n) is 4.13. The van der Waals surface area contributed by atoms with Gasteiger partial charge in [-0.05, 0) is 48.6 Å². The molecule has 5 nitrogen and oxygen atoms in total. The van der Waals surface area contributed by atoms with Gasteiger partial charge in [0.25, 0.3) is 0 Å². The number of benzene rings is 2. The lowest BCUT2D eigenvalue weighted by atomic mass is 10.2. The molecule has 0 fully saturated rings. The summed E-state index contributed by atoms with van der Waals surface area (Å²) in [6.07, 6.45) is 0. The zero-order valence-corrected chi connectivity index (χ0v) is 17.9. The third-order valence-corrected chi connectivity index (χ3v) is 7.31. The summed E-state index contributed by atoms with van der Waals surface area (Å²) in [7, 11) is -3.92. The SMILES string of the molecule is CCOP(=O)(OCC)C(F)c1ccc2sc(C(=O)OCc3ccccc3)cc2c1. The van der Waals surface area contributed by atoms with E-state index in [2.05, 4.69) is 0 Å². The second-order valence-electron chi connectivity index (χ2n) is 6.18. The Hall–Kier alpha value is -2.05. The Morgan fingerprint density at radius 2 is 1.76 bits per heavy atom. The number of carbonyl (C=O) groups is 1. The Kier molecular flexibility index (Phi) is 7.19. The molecule has 1 aromatic heterocycles. The van der Waals surface area contributed by atoms with E-state index in [1.54, 1.807) is 32.0 Å². The van der Waals surface area contributed by atoms with E-state index < -0.39 is 19.5 Å². The molecule has 1 heterocycles. The average Bonchev–Trinajstić information content (AvgIpc) is 3.16. The maximum atomic E-state index is 15.0. The Balaban J connectivity index is 1.78. The lowest BCUT2D eigenvalue weighted by molar-refractivity contribution is 0.0478. The van der Waals surface area contributed by atoms with Crippen LogP contribution in [0.1, 0.15) is 40.6 Å². The molecule has 0 bridgehead atoms. The number of thiophene rings is 1. The number of hydrogen-bond acceptors (Lipinski definition) is 6. The van der Waals surface area contributed by atoms with Crippen LogP contribution in [0.2, 0.25) is 0 Å². The highest BCUT2D eigenvalue weighted by Gasteiger charge is 2.37. The first-order valence-corrected chi connectivity index (χ1v) is 11.7. The summed E-state index contributed by atoms with van der Waals surface area (Å²) in [6.45, 7) is 3.60. The van der Waals surface area contributed by atoms with Crippen LogP contribution >= 0.6 is 18.9 Å². The van der Waals surface area contributed by atoms with Gasteiger partial charge in [0.05, 0.1) is 13.2 Å². The number of fused-ring (bicyclic) bond motifs is 1. The molecule has 0 saturated heterocycles. The fourth-order valence-corrected chi connectivity index (χ4v) is 5.33. The molecule has 3 rings (SSSR count). The molecule has 8 heteroatoms. The van der Waals surface area contributed by atoms with Crippen molar-refractivity contribution in [2.24, 2.45) is 0 Å². The maximum Gasteiger partial charge on any atom is 0.369 e. The lowest BCUT2D eigenvalue weighted by Crippen LogP contribution is -2.03. The molecule has 0 spiro atoms. The number of halogens is 1. The second kappa shape index (κ2) is 9.63. The van der Waals surface area contributed by atoms with Crippen molar-refractivity contribution in [1.82, 2.24) is 0 Å². The minimum Gasteiger partial charge on any atom is -0.457 e. The van der Waals surface area contributed by atoms with Gasteiger partial charge in [-0.3, -0.25) is 4.57 Å². The predicted molar refractivity (Wildman–Crippen MR) is 112 cm³/mol. The highest BCUT2D eigenvalue weighted by molar-refractivity contribution is 7.54. The van der Waals surface area contributed by atoms with Crippen molar-refractivity contribution in [3.8, 4) is 0 Å². The van der Waals surface area contributed by atoms with Crippen molar-refractivity contribution in [2.45, 2.75) is 26.4 Å². The lowest BCUT2D eigenvalue weighted by Gasteiger charge is -2.20. The van der Waals surface area contributed by atoms with Gasteiger partial charge >= 0.3 is 13.6 Å². The van der Waals surface area contributed by atoms with E-state index in [0.717, 1.165) is 10.3 Å². The quantitative estimate of drug-likeness (QED) is 0.283. The summed E-state index contributed by atoms with van der Waals surface area (Å²) in [5, 5.41) is 0.668. The van der Waals surface area contributed by atoms with Gasteiger partial charge in [-0.2, -0.15) is 0 Å². The zero-order valence-electron chi connectivity index (χ0n) is 16.2. The van der Waals surface area contributed by atoms with Crippen molar-refractivity contribution < 1.29 is 27.5 Å². The van der Waals surface area contributed by atoms with E-state index in [-0.39, 0.29) is 25.4 Å². The maximum absolute atomic E-state index is 15.0. The molecular weight excluding hydrogens is 414 g/mol. The monoisotopic (exact) mass is 436 g/mol. The van der Waals surface area contributed by atoms with Crippen molar-refractivity contribution in [1.29, 1.82) is 0 Å². The molecule has 0 aliphatic heterocycles. The molecule has 1 atom stereocenters. The number of alkyl halides is 1. The fourth-order valence-electron chi connectivity index (χ4n) is 2.82. The summed E-state index contributed by atoms with van der Waals surface area (Å²) in [5.74, 6) is -2.34. The van der Waals surface area contributed by atoms with Crippen LogP contribution in [0.25, 0.3) is 10.1 Å². The highest BCUT2D eigenvalue weighted by Crippen LogP contribution is 2.61. The smallest absolute Gasteiger partial charge is 0.369 e. The van der Waals surface area contributed by atoms with Gasteiger partial charge in [0.1, 0.15) is 11.5 Å². The Labute approximate surface area is 172 Å². The van der Waals surface area contributed by atoms with E-state index in [1.165, 1.54) is 17.4 Å². The molecule has 0 saturated carbocycles. The van der Waals surface area contributed by atoms with Crippen LogP contribution in [0.5, 0.6) is 0 Å². The van der Waals surface area contributed by atoms with Crippen molar-refractivity contribution in [2.75, 3.05) is 13.2 Å². The molecule has 0 N–H and O–H groups in total. The first-order chi connectivity index (χ1) is 14.0. The van der Waals surface area contributed by atoms with Crippen LogP contribution in [0, 0.1) is 0 Å². The van der Waals surface area contributed by atoms with Gasteiger partial charge in [-0.1, -0.05) is 36.4 Å². The minimum absolute atomic E-state index is 0.0792. The third kappa shape index (κ3) is 5.11. The van der Waals surface area contributed by atoms with Gasteiger partial charge in [0, 0.05) is 4.70 Å². The van der Waals surface area contributed by atoms with Crippen molar-refractivity contribution in [3.05, 3.63) is 70.6 Å². The van der Waals surface area contributed by atoms with E-state index in [1.807, 2.05) is 30.3 Å². The van der Waals surface area contributed by atoms with Gasteiger partial charge in [0.15, 0.2) is 0 Å². The van der Waals surface area contributed by atoms with Crippen LogP contribution in [0.15, 0.2) is 54.6 Å². The number of carbonyl (C=O) groups excluding carboxylic acids is 1. The van der Waals surface area contributed by atoms with Gasteiger partial charge in [-0.25, -0.2) is 9.18 Å². The zero-order chi connectivity index (χ0) is 20.9. The van der Waals surface area contributed by atoms with E-state index in [0.29, 0.717) is 10.3 Å². The topological polar surface area (TPSA) is 61.8 Å². The van der Waals surface area contributed by atoms with Gasteiger partial charge in [0.2, 0.25) is 5.91 Å². The second-order valence-corrected chi connectivity index (χ2v) is 9.31. The summed E-state index contributed by atoms with van der Waals surface area (Å²) >= 11 is 1.26. The molecule has 154 valence electrons. The molecule has 2 aromatic carbocycles. The molecule has 0 radical (unpaired) electrons. The number of rotatable bonds is 9. The number of esters is 1. The first-order valence-electron chi connectivity index (χ1n) is 9.24. The normalized spacial score (nSPS) is 12.8. The van der Waals surface area contributed by atoms with Gasteiger partial charge in [-0.15, -0.1) is 11.3 Å². The Bertz CT molecular complexity index is 1010. The number of hydrogen-bond donors (Lipinski definition) is 0. The van der Waals surface area contributed by atoms with E-state index in [4.69, 9.17) is 13.8 Å². The van der Waals surface area contributed by atoms with Crippen LogP contribution in [0.3, 0.4) is 0 Å². The van der Waals surface area contributed by atoms with Crippen molar-refractivity contribution >= 4 is 35.0 Å². The molecule has 0 amide bonds. The Morgan fingerprint density at radius 1 is 1.07 bits per heavy atom. The largest absolute Gasteiger partial charge is 0.457 e. The summed E-state index contributed by atoms with van der Waals surface area (Å²) in [5.41, 5.74) is 1.08. The fraction of sp³-hybridized carbons (Fsp3) is 0.286. The molecule has 29 heavy (non-hydrogen) atoms. The average molecular weight is 436 g/mol. The predicted octanol–water partition coefficient (Wildman–Crippen LogP) is 6.49. The molecule has 3 aromatic rings. The minimum atomic E-state index is -3.92. The van der Waals surface area contributed by atoms with E-state index in [9.17, 15) is 13.8 Å². The first kappa shape index (κ1) is 21.7. The molecule has 0 aliphatic rings. The summed E-state index contributed by atoms with van der Waals surface area (Å²) in [6, 6.07) is 15.8. The van der Waals surface area contributed by atoms with Crippen LogP contribution in [-0.4, -0.2) is 19.2 Å². The van der Waals surface area contributed by atoms with E-state index >= 15 is 0 Å². The van der Waals surface area contributed by atoms with Crippen LogP contribution in [-0.2, 0) is 25.0 Å². The highest BCUT2D eigenvalue weighted by atomic mass is 32.1. The summed E-state index contributed by atoms with van der Waals surface area (Å²) in [4.78, 5) is 12.8. The van der Waals surface area contributed by atoms with Crippen molar-refractivity contribution in [3.63, 3.8) is 0 Å². The summed E-state index contributed by atoms with van der Waals surface area (Å²) < 4.78 is 44.0. The van der Waals surface area contributed by atoms with Gasteiger partial charge < -0.3 is 13.8 Å². The van der Waals surface area contributed by atoms with Crippen LogP contribution in [0.4, 0.5) is 4.39 Å². The van der Waals surface area contributed by atoms with Crippen LogP contribution < -0.4 is 0 Å². The Morgan fingerprint density at radius 3 is 2.41 bits per heavy atom. The number of ether oxygens (including phenoxy) is 1. The standard InChI is InChI=1S/C21H22FO5PS/c1-3-26-28(24,27-4-2)20(22)16-10-11-18-17(12-16)13-19(29-18)21(23)25-14-15-8-6-5-7-9-15/h5-13,20H,3-4,14H2,1-2H3. The molecule has 0 aliphatic carbocycles.